The maximum Gasteiger partial charge on any atom is 0.258 e. The molecule has 1 aromatic carbocycles. The lowest BCUT2D eigenvalue weighted by atomic mass is 10.0. The van der Waals surface area contributed by atoms with Crippen LogP contribution >= 0.6 is 0 Å². The van der Waals surface area contributed by atoms with E-state index in [1.165, 1.54) is 6.33 Å². The van der Waals surface area contributed by atoms with Crippen LogP contribution in [0.1, 0.15) is 35.7 Å². The third kappa shape index (κ3) is 2.69. The fourth-order valence-corrected chi connectivity index (χ4v) is 1.48. The number of H-pyrrole nitrogens is 1. The Morgan fingerprint density at radius 1 is 1.41 bits per heavy atom. The van der Waals surface area contributed by atoms with Crippen molar-refractivity contribution >= 4 is 11.9 Å². The van der Waals surface area contributed by atoms with Gasteiger partial charge in [0, 0.05) is 5.56 Å². The van der Waals surface area contributed by atoms with Gasteiger partial charge >= 0.3 is 0 Å². The van der Waals surface area contributed by atoms with E-state index in [9.17, 15) is 4.79 Å². The van der Waals surface area contributed by atoms with Crippen molar-refractivity contribution in [1.29, 1.82) is 0 Å². The molecule has 0 aliphatic carbocycles. The zero-order valence-corrected chi connectivity index (χ0v) is 9.77. The van der Waals surface area contributed by atoms with E-state index in [1.54, 1.807) is 6.07 Å². The summed E-state index contributed by atoms with van der Waals surface area (Å²) in [7, 11) is 0. The van der Waals surface area contributed by atoms with Crippen LogP contribution in [0.5, 0.6) is 0 Å². The summed E-state index contributed by atoms with van der Waals surface area (Å²) < 4.78 is 0. The highest BCUT2D eigenvalue weighted by atomic mass is 16.1. The lowest BCUT2D eigenvalue weighted by molar-refractivity contribution is 0.102. The third-order valence-electron chi connectivity index (χ3n) is 2.46. The standard InChI is InChI=1S/C12H14N4O/c1-8(2)9-4-3-5-10(6-9)11(17)15-12-13-7-14-16-12/h3-8H,1-2H3,(H2,13,14,15,16,17). The van der Waals surface area contributed by atoms with Crippen LogP contribution in [-0.4, -0.2) is 21.1 Å². The summed E-state index contributed by atoms with van der Waals surface area (Å²) in [5, 5.41) is 8.88. The number of aromatic amines is 1. The minimum Gasteiger partial charge on any atom is -0.291 e. The lowest BCUT2D eigenvalue weighted by Gasteiger charge is -2.07. The summed E-state index contributed by atoms with van der Waals surface area (Å²) in [6.07, 6.45) is 1.35. The van der Waals surface area contributed by atoms with E-state index in [0.717, 1.165) is 5.56 Å². The number of rotatable bonds is 3. The Bertz CT molecular complexity index is 505. The zero-order chi connectivity index (χ0) is 12.3. The third-order valence-corrected chi connectivity index (χ3v) is 2.46. The fourth-order valence-electron chi connectivity index (χ4n) is 1.48. The minimum absolute atomic E-state index is 0.191. The number of hydrogen-bond donors (Lipinski definition) is 2. The fraction of sp³-hybridized carbons (Fsp3) is 0.250. The average Bonchev–Trinajstić information content (AvgIpc) is 2.82. The monoisotopic (exact) mass is 230 g/mol. The molecule has 0 radical (unpaired) electrons. The number of anilines is 1. The van der Waals surface area contributed by atoms with Gasteiger partial charge in [0.1, 0.15) is 6.33 Å². The van der Waals surface area contributed by atoms with Crippen LogP contribution in [0.2, 0.25) is 0 Å². The van der Waals surface area contributed by atoms with E-state index in [0.29, 0.717) is 17.4 Å². The lowest BCUT2D eigenvalue weighted by Crippen LogP contribution is -2.13. The molecule has 0 aliphatic rings. The second-order valence-electron chi connectivity index (χ2n) is 4.07. The van der Waals surface area contributed by atoms with Gasteiger partial charge in [0.15, 0.2) is 0 Å². The van der Waals surface area contributed by atoms with Crippen molar-refractivity contribution in [3.63, 3.8) is 0 Å². The van der Waals surface area contributed by atoms with Crippen molar-refractivity contribution < 1.29 is 4.79 Å². The topological polar surface area (TPSA) is 70.7 Å². The van der Waals surface area contributed by atoms with Crippen molar-refractivity contribution in [2.24, 2.45) is 0 Å². The Morgan fingerprint density at radius 3 is 2.88 bits per heavy atom. The first-order valence-corrected chi connectivity index (χ1v) is 5.43. The Kier molecular flexibility index (Phi) is 3.18. The molecule has 1 amide bonds. The number of carbonyl (C=O) groups excluding carboxylic acids is 1. The van der Waals surface area contributed by atoms with E-state index < -0.39 is 0 Å². The van der Waals surface area contributed by atoms with Gasteiger partial charge in [0.2, 0.25) is 5.95 Å². The first-order chi connectivity index (χ1) is 8.16. The van der Waals surface area contributed by atoms with Crippen molar-refractivity contribution in [3.8, 4) is 0 Å². The molecule has 0 bridgehead atoms. The second-order valence-corrected chi connectivity index (χ2v) is 4.07. The molecule has 17 heavy (non-hydrogen) atoms. The summed E-state index contributed by atoms with van der Waals surface area (Å²) in [5.74, 6) is 0.558. The molecule has 5 heteroatoms. The summed E-state index contributed by atoms with van der Waals surface area (Å²) in [5.41, 5.74) is 1.75. The summed E-state index contributed by atoms with van der Waals surface area (Å²) in [4.78, 5) is 15.7. The number of amides is 1. The molecule has 0 unspecified atom stereocenters. The molecule has 88 valence electrons. The zero-order valence-electron chi connectivity index (χ0n) is 9.77. The Labute approximate surface area is 99.3 Å². The molecular formula is C12H14N4O. The Balaban J connectivity index is 2.16. The molecule has 2 N–H and O–H groups in total. The van der Waals surface area contributed by atoms with E-state index in [1.807, 2.05) is 18.2 Å². The molecule has 0 fully saturated rings. The molecule has 0 saturated carbocycles. The maximum atomic E-state index is 11.9. The highest BCUT2D eigenvalue weighted by Gasteiger charge is 2.09. The predicted octanol–water partition coefficient (Wildman–Crippen LogP) is 2.18. The molecule has 2 aromatic rings. The Morgan fingerprint density at radius 2 is 2.24 bits per heavy atom. The van der Waals surface area contributed by atoms with Gasteiger partial charge in [-0.25, -0.2) is 5.10 Å². The van der Waals surface area contributed by atoms with Crippen LogP contribution in [0, 0.1) is 0 Å². The van der Waals surface area contributed by atoms with E-state index in [4.69, 9.17) is 0 Å². The van der Waals surface area contributed by atoms with Gasteiger partial charge in [-0.05, 0) is 23.6 Å². The molecule has 0 aliphatic heterocycles. The average molecular weight is 230 g/mol. The largest absolute Gasteiger partial charge is 0.291 e. The highest BCUT2D eigenvalue weighted by Crippen LogP contribution is 2.16. The second kappa shape index (κ2) is 4.78. The molecule has 5 nitrogen and oxygen atoms in total. The molecular weight excluding hydrogens is 216 g/mol. The number of aromatic nitrogens is 3. The Hall–Kier alpha value is -2.17. The van der Waals surface area contributed by atoms with Gasteiger partial charge in [-0.1, -0.05) is 26.0 Å². The normalized spacial score (nSPS) is 10.5. The summed E-state index contributed by atoms with van der Waals surface area (Å²) in [6, 6.07) is 7.55. The van der Waals surface area contributed by atoms with Crippen molar-refractivity contribution in [2.75, 3.05) is 5.32 Å². The minimum atomic E-state index is -0.191. The predicted molar refractivity (Wildman–Crippen MR) is 64.9 cm³/mol. The van der Waals surface area contributed by atoms with Crippen LogP contribution in [0.4, 0.5) is 5.95 Å². The quantitative estimate of drug-likeness (QED) is 0.849. The number of carbonyl (C=O) groups is 1. The number of benzene rings is 1. The first kappa shape index (κ1) is 11.3. The van der Waals surface area contributed by atoms with Crippen LogP contribution in [0.25, 0.3) is 0 Å². The van der Waals surface area contributed by atoms with Crippen molar-refractivity contribution in [2.45, 2.75) is 19.8 Å². The molecule has 0 saturated heterocycles. The van der Waals surface area contributed by atoms with Gasteiger partial charge < -0.3 is 0 Å². The first-order valence-electron chi connectivity index (χ1n) is 5.43. The van der Waals surface area contributed by atoms with Gasteiger partial charge in [0.05, 0.1) is 0 Å². The SMILES string of the molecule is CC(C)c1cccc(C(=O)Nc2ncn[nH]2)c1. The maximum absolute atomic E-state index is 11.9. The number of hydrogen-bond acceptors (Lipinski definition) is 3. The van der Waals surface area contributed by atoms with Crippen molar-refractivity contribution in [1.82, 2.24) is 15.2 Å². The van der Waals surface area contributed by atoms with E-state index >= 15 is 0 Å². The van der Waals surface area contributed by atoms with Crippen LogP contribution < -0.4 is 5.32 Å². The van der Waals surface area contributed by atoms with Gasteiger partial charge in [-0.2, -0.15) is 10.1 Å². The van der Waals surface area contributed by atoms with Gasteiger partial charge in [-0.15, -0.1) is 0 Å². The van der Waals surface area contributed by atoms with Crippen molar-refractivity contribution in [3.05, 3.63) is 41.7 Å². The summed E-state index contributed by atoms with van der Waals surface area (Å²) in [6.45, 7) is 4.18. The smallest absolute Gasteiger partial charge is 0.258 e. The highest BCUT2D eigenvalue weighted by molar-refractivity contribution is 6.03. The molecule has 2 rings (SSSR count). The number of nitrogens with one attached hydrogen (secondary N) is 2. The van der Waals surface area contributed by atoms with Gasteiger partial charge in [0.25, 0.3) is 5.91 Å². The molecule has 1 heterocycles. The van der Waals surface area contributed by atoms with E-state index in [2.05, 4.69) is 34.3 Å². The van der Waals surface area contributed by atoms with Crippen LogP contribution in [-0.2, 0) is 0 Å². The van der Waals surface area contributed by atoms with E-state index in [-0.39, 0.29) is 5.91 Å². The summed E-state index contributed by atoms with van der Waals surface area (Å²) >= 11 is 0. The molecule has 0 atom stereocenters. The van der Waals surface area contributed by atoms with Crippen LogP contribution in [0.15, 0.2) is 30.6 Å². The van der Waals surface area contributed by atoms with Crippen LogP contribution in [0.3, 0.4) is 0 Å². The molecule has 1 aromatic heterocycles. The van der Waals surface area contributed by atoms with Gasteiger partial charge in [-0.3, -0.25) is 10.1 Å². The number of nitrogens with zero attached hydrogens (tertiary/aromatic N) is 2. The molecule has 0 spiro atoms.